The lowest BCUT2D eigenvalue weighted by Crippen LogP contribution is -2.40. The van der Waals surface area contributed by atoms with Crippen LogP contribution in [-0.2, 0) is 11.3 Å². The van der Waals surface area contributed by atoms with E-state index in [2.05, 4.69) is 42.7 Å². The van der Waals surface area contributed by atoms with Gasteiger partial charge in [-0.3, -0.25) is 15.0 Å². The summed E-state index contributed by atoms with van der Waals surface area (Å²) >= 11 is 0. The lowest BCUT2D eigenvalue weighted by atomic mass is 10.1. The zero-order valence-corrected chi connectivity index (χ0v) is 16.1. The number of carbonyl (C=O) groups is 2. The summed E-state index contributed by atoms with van der Waals surface area (Å²) in [5.74, 6) is -0.333. The lowest BCUT2D eigenvalue weighted by Gasteiger charge is -2.18. The van der Waals surface area contributed by atoms with Crippen molar-refractivity contribution in [2.24, 2.45) is 0 Å². The number of likely N-dealkylation sites (N-methyl/N-ethyl adjacent to an activating group) is 1. The van der Waals surface area contributed by atoms with Crippen LogP contribution in [0, 0.1) is 27.7 Å². The van der Waals surface area contributed by atoms with Gasteiger partial charge in [0.05, 0.1) is 6.54 Å². The van der Waals surface area contributed by atoms with Crippen molar-refractivity contribution in [2.45, 2.75) is 34.2 Å². The van der Waals surface area contributed by atoms with Crippen molar-refractivity contribution in [1.82, 2.24) is 10.2 Å². The number of nitrogens with zero attached hydrogens (tertiary/aromatic N) is 1. The Morgan fingerprint density at radius 1 is 1.00 bits per heavy atom. The maximum atomic E-state index is 12.1. The number of imide groups is 1. The molecule has 0 aliphatic rings. The normalized spacial score (nSPS) is 10.7. The minimum absolute atomic E-state index is 0.146. The average molecular weight is 353 g/mol. The van der Waals surface area contributed by atoms with E-state index in [4.69, 9.17) is 0 Å². The van der Waals surface area contributed by atoms with E-state index in [1.54, 1.807) is 0 Å². The Morgan fingerprint density at radius 3 is 2.42 bits per heavy atom. The molecule has 0 fully saturated rings. The Bertz CT molecular complexity index is 815. The second-order valence-electron chi connectivity index (χ2n) is 6.85. The third kappa shape index (κ3) is 5.43. The van der Waals surface area contributed by atoms with Gasteiger partial charge in [-0.05, 0) is 63.1 Å². The molecule has 3 amide bonds. The Labute approximate surface area is 155 Å². The van der Waals surface area contributed by atoms with Gasteiger partial charge in [-0.15, -0.1) is 0 Å². The van der Waals surface area contributed by atoms with Crippen molar-refractivity contribution in [1.29, 1.82) is 0 Å². The number of carbonyl (C=O) groups excluding carboxylic acids is 2. The standard InChI is InChI=1S/C21H27N3O2/c1-14-9-10-18(16(3)11-14)12-24(5)13-20(25)23-21(26)22-19-8-6-7-15(2)17(19)4/h6-11H,12-13H2,1-5H3,(H2,22,23,25,26). The molecule has 0 aliphatic carbocycles. The van der Waals surface area contributed by atoms with Crippen LogP contribution in [0.1, 0.15) is 27.8 Å². The van der Waals surface area contributed by atoms with Gasteiger partial charge < -0.3 is 5.32 Å². The van der Waals surface area contributed by atoms with Gasteiger partial charge in [0, 0.05) is 12.2 Å². The van der Waals surface area contributed by atoms with Crippen molar-refractivity contribution in [2.75, 3.05) is 18.9 Å². The summed E-state index contributed by atoms with van der Waals surface area (Å²) < 4.78 is 0. The van der Waals surface area contributed by atoms with E-state index in [1.807, 2.05) is 44.0 Å². The number of urea groups is 1. The highest BCUT2D eigenvalue weighted by molar-refractivity contribution is 6.02. The number of anilines is 1. The first kappa shape index (κ1) is 19.7. The molecule has 0 saturated carbocycles. The number of hydrogen-bond donors (Lipinski definition) is 2. The second kappa shape index (κ2) is 8.63. The first-order chi connectivity index (χ1) is 12.3. The highest BCUT2D eigenvalue weighted by Crippen LogP contribution is 2.17. The third-order valence-corrected chi connectivity index (χ3v) is 4.46. The molecule has 5 heteroatoms. The molecule has 2 aromatic carbocycles. The van der Waals surface area contributed by atoms with Gasteiger partial charge in [-0.2, -0.15) is 0 Å². The van der Waals surface area contributed by atoms with Gasteiger partial charge in [0.25, 0.3) is 0 Å². The highest BCUT2D eigenvalue weighted by atomic mass is 16.2. The van der Waals surface area contributed by atoms with Crippen LogP contribution in [0.15, 0.2) is 36.4 Å². The largest absolute Gasteiger partial charge is 0.325 e. The molecular formula is C21H27N3O2. The van der Waals surface area contributed by atoms with E-state index in [0.717, 1.165) is 11.1 Å². The Balaban J connectivity index is 1.87. The number of rotatable bonds is 5. The van der Waals surface area contributed by atoms with Gasteiger partial charge in [0.15, 0.2) is 0 Å². The zero-order valence-electron chi connectivity index (χ0n) is 16.1. The number of aryl methyl sites for hydroxylation is 3. The van der Waals surface area contributed by atoms with Gasteiger partial charge in [-0.1, -0.05) is 35.9 Å². The van der Waals surface area contributed by atoms with E-state index in [1.165, 1.54) is 16.7 Å². The smallest absolute Gasteiger partial charge is 0.307 e. The minimum Gasteiger partial charge on any atom is -0.307 e. The summed E-state index contributed by atoms with van der Waals surface area (Å²) in [5.41, 5.74) is 6.37. The van der Waals surface area contributed by atoms with Crippen molar-refractivity contribution >= 4 is 17.6 Å². The van der Waals surface area contributed by atoms with Crippen LogP contribution >= 0.6 is 0 Å². The fraction of sp³-hybridized carbons (Fsp3) is 0.333. The SMILES string of the molecule is Cc1ccc(CN(C)CC(=O)NC(=O)Nc2cccc(C)c2C)c(C)c1. The molecule has 0 unspecified atom stereocenters. The lowest BCUT2D eigenvalue weighted by molar-refractivity contribution is -0.120. The van der Waals surface area contributed by atoms with Gasteiger partial charge >= 0.3 is 6.03 Å². The fourth-order valence-corrected chi connectivity index (χ4v) is 2.82. The first-order valence-electron chi connectivity index (χ1n) is 8.68. The summed E-state index contributed by atoms with van der Waals surface area (Å²) in [7, 11) is 1.86. The molecule has 0 radical (unpaired) electrons. The van der Waals surface area contributed by atoms with Crippen molar-refractivity contribution in [3.05, 3.63) is 64.2 Å². The molecule has 26 heavy (non-hydrogen) atoms. The molecule has 0 saturated heterocycles. The molecule has 5 nitrogen and oxygen atoms in total. The number of nitrogens with one attached hydrogen (secondary N) is 2. The van der Waals surface area contributed by atoms with E-state index >= 15 is 0 Å². The molecule has 2 aromatic rings. The van der Waals surface area contributed by atoms with E-state index in [0.29, 0.717) is 12.2 Å². The predicted molar refractivity (Wildman–Crippen MR) is 105 cm³/mol. The maximum absolute atomic E-state index is 12.1. The quantitative estimate of drug-likeness (QED) is 0.861. The molecule has 0 bridgehead atoms. The molecule has 0 spiro atoms. The summed E-state index contributed by atoms with van der Waals surface area (Å²) in [6.07, 6.45) is 0. The van der Waals surface area contributed by atoms with Crippen LogP contribution in [0.3, 0.4) is 0 Å². The Morgan fingerprint density at radius 2 is 1.73 bits per heavy atom. The molecule has 138 valence electrons. The van der Waals surface area contributed by atoms with Gasteiger partial charge in [-0.25, -0.2) is 4.79 Å². The predicted octanol–water partition coefficient (Wildman–Crippen LogP) is 3.70. The molecular weight excluding hydrogens is 326 g/mol. The molecule has 0 aliphatic heterocycles. The van der Waals surface area contributed by atoms with Gasteiger partial charge in [0.1, 0.15) is 0 Å². The van der Waals surface area contributed by atoms with Gasteiger partial charge in [0.2, 0.25) is 5.91 Å². The molecule has 0 atom stereocenters. The maximum Gasteiger partial charge on any atom is 0.325 e. The number of benzene rings is 2. The van der Waals surface area contributed by atoms with Crippen molar-refractivity contribution in [3.8, 4) is 0 Å². The van der Waals surface area contributed by atoms with E-state index in [9.17, 15) is 9.59 Å². The first-order valence-corrected chi connectivity index (χ1v) is 8.68. The molecule has 2 N–H and O–H groups in total. The summed E-state index contributed by atoms with van der Waals surface area (Å²) in [6.45, 7) is 8.83. The summed E-state index contributed by atoms with van der Waals surface area (Å²) in [5, 5.41) is 5.12. The number of amides is 3. The van der Waals surface area contributed by atoms with Crippen LogP contribution in [-0.4, -0.2) is 30.4 Å². The van der Waals surface area contributed by atoms with Crippen molar-refractivity contribution < 1.29 is 9.59 Å². The van der Waals surface area contributed by atoms with Crippen molar-refractivity contribution in [3.63, 3.8) is 0 Å². The number of hydrogen-bond acceptors (Lipinski definition) is 3. The van der Waals surface area contributed by atoms with Crippen LogP contribution < -0.4 is 10.6 Å². The minimum atomic E-state index is -0.511. The van der Waals surface area contributed by atoms with Crippen LogP contribution in [0.5, 0.6) is 0 Å². The van der Waals surface area contributed by atoms with Crippen LogP contribution in [0.4, 0.5) is 10.5 Å². The second-order valence-corrected chi connectivity index (χ2v) is 6.85. The zero-order chi connectivity index (χ0) is 19.3. The highest BCUT2D eigenvalue weighted by Gasteiger charge is 2.13. The van der Waals surface area contributed by atoms with E-state index < -0.39 is 6.03 Å². The van der Waals surface area contributed by atoms with E-state index in [-0.39, 0.29) is 12.5 Å². The Hall–Kier alpha value is -2.66. The van der Waals surface area contributed by atoms with Crippen LogP contribution in [0.25, 0.3) is 0 Å². The molecule has 0 heterocycles. The monoisotopic (exact) mass is 353 g/mol. The average Bonchev–Trinajstić information content (AvgIpc) is 2.54. The molecule has 2 rings (SSSR count). The fourth-order valence-electron chi connectivity index (χ4n) is 2.82. The topological polar surface area (TPSA) is 61.4 Å². The molecule has 0 aromatic heterocycles. The third-order valence-electron chi connectivity index (χ3n) is 4.46. The Kier molecular flexibility index (Phi) is 6.52. The summed E-state index contributed by atoms with van der Waals surface area (Å²) in [6, 6.07) is 11.4. The van der Waals surface area contributed by atoms with Crippen LogP contribution in [0.2, 0.25) is 0 Å². The summed E-state index contributed by atoms with van der Waals surface area (Å²) in [4.78, 5) is 26.1.